The molecule has 0 aliphatic carbocycles. The van der Waals surface area contributed by atoms with E-state index in [0.717, 1.165) is 44.3 Å². The number of ether oxygens (including phenoxy) is 1. The standard InChI is InChI=1S/C14H25N3O2/c1-14(2,11-6-4-8-15-10-11)13-16-12(17-19-13)7-5-9-18-3/h11,15H,4-10H2,1-3H3. The fourth-order valence-electron chi connectivity index (χ4n) is 2.63. The van der Waals surface area contributed by atoms with Gasteiger partial charge in [0.1, 0.15) is 0 Å². The zero-order valence-corrected chi connectivity index (χ0v) is 12.2. The Morgan fingerprint density at radius 2 is 2.32 bits per heavy atom. The molecule has 1 saturated heterocycles. The van der Waals surface area contributed by atoms with E-state index < -0.39 is 0 Å². The molecule has 1 atom stereocenters. The van der Waals surface area contributed by atoms with Gasteiger partial charge in [-0.3, -0.25) is 0 Å². The van der Waals surface area contributed by atoms with Gasteiger partial charge in [0.15, 0.2) is 5.82 Å². The van der Waals surface area contributed by atoms with Crippen LogP contribution in [0.2, 0.25) is 0 Å². The van der Waals surface area contributed by atoms with Gasteiger partial charge in [0, 0.05) is 25.6 Å². The summed E-state index contributed by atoms with van der Waals surface area (Å²) in [6, 6.07) is 0. The Balaban J connectivity index is 1.99. The molecular formula is C14H25N3O2. The molecule has 1 aliphatic heterocycles. The van der Waals surface area contributed by atoms with Crippen LogP contribution in [0.3, 0.4) is 0 Å². The lowest BCUT2D eigenvalue weighted by molar-refractivity contribution is 0.193. The van der Waals surface area contributed by atoms with E-state index in [1.165, 1.54) is 12.8 Å². The van der Waals surface area contributed by atoms with Crippen LogP contribution in [0.5, 0.6) is 0 Å². The summed E-state index contributed by atoms with van der Waals surface area (Å²) in [4.78, 5) is 4.57. The second-order valence-corrected chi connectivity index (χ2v) is 5.88. The fraction of sp³-hybridized carbons (Fsp3) is 0.857. The number of hydrogen-bond donors (Lipinski definition) is 1. The fourth-order valence-corrected chi connectivity index (χ4v) is 2.63. The number of piperidine rings is 1. The van der Waals surface area contributed by atoms with E-state index in [1.807, 2.05) is 0 Å². The minimum atomic E-state index is -0.0556. The van der Waals surface area contributed by atoms with Crippen molar-refractivity contribution in [2.75, 3.05) is 26.8 Å². The van der Waals surface area contributed by atoms with Crippen molar-refractivity contribution in [2.24, 2.45) is 5.92 Å². The first-order valence-electron chi connectivity index (χ1n) is 7.17. The molecule has 1 aromatic rings. The molecule has 1 aromatic heterocycles. The lowest BCUT2D eigenvalue weighted by atomic mass is 9.75. The van der Waals surface area contributed by atoms with E-state index in [4.69, 9.17) is 9.26 Å². The summed E-state index contributed by atoms with van der Waals surface area (Å²) in [6.45, 7) is 7.31. The predicted octanol–water partition coefficient (Wildman–Crippen LogP) is 1.93. The molecule has 0 saturated carbocycles. The van der Waals surface area contributed by atoms with E-state index in [2.05, 4.69) is 29.3 Å². The highest BCUT2D eigenvalue weighted by Crippen LogP contribution is 2.34. The third-order valence-corrected chi connectivity index (χ3v) is 4.09. The van der Waals surface area contributed by atoms with Gasteiger partial charge in [0.05, 0.1) is 0 Å². The van der Waals surface area contributed by atoms with Gasteiger partial charge in [0.25, 0.3) is 0 Å². The van der Waals surface area contributed by atoms with Crippen molar-refractivity contribution in [1.29, 1.82) is 0 Å². The quantitative estimate of drug-likeness (QED) is 0.798. The number of nitrogens with zero attached hydrogens (tertiary/aromatic N) is 2. The molecule has 1 fully saturated rings. The molecule has 0 aromatic carbocycles. The van der Waals surface area contributed by atoms with E-state index in [-0.39, 0.29) is 5.41 Å². The summed E-state index contributed by atoms with van der Waals surface area (Å²) >= 11 is 0. The van der Waals surface area contributed by atoms with Crippen LogP contribution in [-0.2, 0) is 16.6 Å². The van der Waals surface area contributed by atoms with Crippen LogP contribution < -0.4 is 5.32 Å². The molecule has 0 radical (unpaired) electrons. The molecular weight excluding hydrogens is 242 g/mol. The van der Waals surface area contributed by atoms with Crippen LogP contribution in [0.4, 0.5) is 0 Å². The maximum absolute atomic E-state index is 5.48. The van der Waals surface area contributed by atoms with Gasteiger partial charge in [-0.2, -0.15) is 4.98 Å². The summed E-state index contributed by atoms with van der Waals surface area (Å²) < 4.78 is 10.5. The zero-order valence-electron chi connectivity index (χ0n) is 12.2. The first-order valence-corrected chi connectivity index (χ1v) is 7.17. The lowest BCUT2D eigenvalue weighted by Gasteiger charge is -2.34. The van der Waals surface area contributed by atoms with Crippen LogP contribution in [0.15, 0.2) is 4.52 Å². The molecule has 0 spiro atoms. The van der Waals surface area contributed by atoms with Crippen molar-refractivity contribution >= 4 is 0 Å². The molecule has 1 N–H and O–H groups in total. The zero-order chi connectivity index (χ0) is 13.7. The van der Waals surface area contributed by atoms with E-state index in [9.17, 15) is 0 Å². The van der Waals surface area contributed by atoms with Crippen LogP contribution in [-0.4, -0.2) is 36.9 Å². The summed E-state index contributed by atoms with van der Waals surface area (Å²) in [7, 11) is 1.71. The highest BCUT2D eigenvalue weighted by atomic mass is 16.5. The van der Waals surface area contributed by atoms with Crippen LogP contribution in [0.25, 0.3) is 0 Å². The molecule has 5 nitrogen and oxygen atoms in total. The van der Waals surface area contributed by atoms with Crippen molar-refractivity contribution in [3.05, 3.63) is 11.7 Å². The minimum absolute atomic E-state index is 0.0556. The molecule has 19 heavy (non-hydrogen) atoms. The minimum Gasteiger partial charge on any atom is -0.385 e. The Morgan fingerprint density at radius 3 is 3.00 bits per heavy atom. The first-order chi connectivity index (χ1) is 9.14. The highest BCUT2D eigenvalue weighted by molar-refractivity contribution is 5.05. The van der Waals surface area contributed by atoms with Crippen molar-refractivity contribution < 1.29 is 9.26 Å². The largest absolute Gasteiger partial charge is 0.385 e. The predicted molar refractivity (Wildman–Crippen MR) is 73.1 cm³/mol. The van der Waals surface area contributed by atoms with Gasteiger partial charge in [0.2, 0.25) is 5.89 Å². The Bertz CT molecular complexity index is 384. The molecule has 2 rings (SSSR count). The molecule has 0 bridgehead atoms. The van der Waals surface area contributed by atoms with E-state index in [1.54, 1.807) is 7.11 Å². The second kappa shape index (κ2) is 6.48. The maximum Gasteiger partial charge on any atom is 0.232 e. The van der Waals surface area contributed by atoms with Crippen LogP contribution >= 0.6 is 0 Å². The Kier molecular flexibility index (Phi) is 4.93. The highest BCUT2D eigenvalue weighted by Gasteiger charge is 2.37. The van der Waals surface area contributed by atoms with E-state index >= 15 is 0 Å². The smallest absolute Gasteiger partial charge is 0.232 e. The summed E-state index contributed by atoms with van der Waals surface area (Å²) in [6.07, 6.45) is 4.20. The Hall–Kier alpha value is -0.940. The van der Waals surface area contributed by atoms with Gasteiger partial charge >= 0.3 is 0 Å². The number of aromatic nitrogens is 2. The van der Waals surface area contributed by atoms with Gasteiger partial charge in [-0.05, 0) is 38.3 Å². The topological polar surface area (TPSA) is 60.2 Å². The van der Waals surface area contributed by atoms with E-state index in [0.29, 0.717) is 5.92 Å². The normalized spacial score (nSPS) is 20.7. The van der Waals surface area contributed by atoms with Crippen molar-refractivity contribution in [2.45, 2.75) is 44.9 Å². The number of rotatable bonds is 6. The summed E-state index contributed by atoms with van der Waals surface area (Å²) in [5, 5.41) is 7.54. The maximum atomic E-state index is 5.48. The monoisotopic (exact) mass is 267 g/mol. The van der Waals surface area contributed by atoms with Gasteiger partial charge < -0.3 is 14.6 Å². The van der Waals surface area contributed by atoms with Crippen molar-refractivity contribution in [1.82, 2.24) is 15.5 Å². The lowest BCUT2D eigenvalue weighted by Crippen LogP contribution is -2.40. The van der Waals surface area contributed by atoms with Crippen LogP contribution in [0, 0.1) is 5.92 Å². The van der Waals surface area contributed by atoms with Gasteiger partial charge in [-0.15, -0.1) is 0 Å². The molecule has 1 unspecified atom stereocenters. The number of nitrogens with one attached hydrogen (secondary N) is 1. The number of hydrogen-bond acceptors (Lipinski definition) is 5. The first kappa shape index (κ1) is 14.5. The second-order valence-electron chi connectivity index (χ2n) is 5.88. The molecule has 2 heterocycles. The summed E-state index contributed by atoms with van der Waals surface area (Å²) in [5.41, 5.74) is -0.0556. The Morgan fingerprint density at radius 1 is 1.47 bits per heavy atom. The van der Waals surface area contributed by atoms with Gasteiger partial charge in [-0.1, -0.05) is 19.0 Å². The Labute approximate surface area is 115 Å². The van der Waals surface area contributed by atoms with Crippen molar-refractivity contribution in [3.63, 3.8) is 0 Å². The number of methoxy groups -OCH3 is 1. The van der Waals surface area contributed by atoms with Crippen LogP contribution in [0.1, 0.15) is 44.8 Å². The average molecular weight is 267 g/mol. The molecule has 1 aliphatic rings. The molecule has 5 heteroatoms. The molecule has 0 amide bonds. The number of aryl methyl sites for hydroxylation is 1. The average Bonchev–Trinajstić information content (AvgIpc) is 2.90. The summed E-state index contributed by atoms with van der Waals surface area (Å²) in [5.74, 6) is 2.13. The SMILES string of the molecule is COCCCc1noc(C(C)(C)C2CCCNC2)n1. The van der Waals surface area contributed by atoms with Crippen molar-refractivity contribution in [3.8, 4) is 0 Å². The third-order valence-electron chi connectivity index (χ3n) is 4.09. The van der Waals surface area contributed by atoms with Gasteiger partial charge in [-0.25, -0.2) is 0 Å². The third kappa shape index (κ3) is 3.54. The molecule has 108 valence electrons.